The van der Waals surface area contributed by atoms with E-state index >= 15 is 0 Å². The normalized spacial score (nSPS) is 19.5. The van der Waals surface area contributed by atoms with Crippen molar-refractivity contribution in [3.8, 4) is 0 Å². The molecule has 7 heteroatoms. The van der Waals surface area contributed by atoms with Gasteiger partial charge >= 0.3 is 5.97 Å². The predicted molar refractivity (Wildman–Crippen MR) is 63.9 cm³/mol. The highest BCUT2D eigenvalue weighted by molar-refractivity contribution is 5.78. The second kappa shape index (κ2) is 6.95. The zero-order valence-electron chi connectivity index (χ0n) is 10.4. The maximum Gasteiger partial charge on any atom is 0.307 e. The standard InChI is InChI=1S/C11H19N3O4/c1-8(15)12-3-4-13-10(16)7-14-5-2-9(6-14)11(17)18/h9H,2-7H2,1H3,(H,12,15)(H,13,16)(H,17,18). The fourth-order valence-corrected chi connectivity index (χ4v) is 1.88. The fourth-order valence-electron chi connectivity index (χ4n) is 1.88. The van der Waals surface area contributed by atoms with E-state index in [2.05, 4.69) is 10.6 Å². The number of rotatable bonds is 6. The van der Waals surface area contributed by atoms with E-state index in [4.69, 9.17) is 5.11 Å². The van der Waals surface area contributed by atoms with Crippen LogP contribution in [-0.2, 0) is 14.4 Å². The van der Waals surface area contributed by atoms with Gasteiger partial charge in [-0.1, -0.05) is 0 Å². The van der Waals surface area contributed by atoms with E-state index in [-0.39, 0.29) is 24.3 Å². The SMILES string of the molecule is CC(=O)NCCNC(=O)CN1CCC(C(=O)O)C1. The van der Waals surface area contributed by atoms with E-state index in [1.54, 1.807) is 0 Å². The second-order valence-electron chi connectivity index (χ2n) is 4.39. The third-order valence-electron chi connectivity index (χ3n) is 2.81. The van der Waals surface area contributed by atoms with Crippen LogP contribution >= 0.6 is 0 Å². The van der Waals surface area contributed by atoms with Gasteiger partial charge in [-0.2, -0.15) is 0 Å². The van der Waals surface area contributed by atoms with E-state index < -0.39 is 5.97 Å². The van der Waals surface area contributed by atoms with Crippen LogP contribution in [0, 0.1) is 5.92 Å². The molecule has 2 amide bonds. The summed E-state index contributed by atoms with van der Waals surface area (Å²) >= 11 is 0. The molecule has 18 heavy (non-hydrogen) atoms. The van der Waals surface area contributed by atoms with E-state index in [0.29, 0.717) is 32.6 Å². The van der Waals surface area contributed by atoms with Crippen LogP contribution in [0.3, 0.4) is 0 Å². The van der Waals surface area contributed by atoms with Crippen molar-refractivity contribution in [2.45, 2.75) is 13.3 Å². The van der Waals surface area contributed by atoms with Gasteiger partial charge in [-0.05, 0) is 13.0 Å². The molecule has 1 aliphatic rings. The average Bonchev–Trinajstić information content (AvgIpc) is 2.72. The van der Waals surface area contributed by atoms with Gasteiger partial charge in [-0.25, -0.2) is 0 Å². The average molecular weight is 257 g/mol. The third kappa shape index (κ3) is 5.13. The topological polar surface area (TPSA) is 98.7 Å². The number of amides is 2. The maximum atomic E-state index is 11.5. The van der Waals surface area contributed by atoms with Gasteiger partial charge in [0.25, 0.3) is 0 Å². The summed E-state index contributed by atoms with van der Waals surface area (Å²) in [6.45, 7) is 3.47. The van der Waals surface area contributed by atoms with Crippen molar-refractivity contribution in [2.75, 3.05) is 32.7 Å². The van der Waals surface area contributed by atoms with Crippen LogP contribution in [0.25, 0.3) is 0 Å². The Balaban J connectivity index is 2.13. The highest BCUT2D eigenvalue weighted by atomic mass is 16.4. The van der Waals surface area contributed by atoms with E-state index in [0.717, 1.165) is 0 Å². The van der Waals surface area contributed by atoms with Crippen LogP contribution in [0.15, 0.2) is 0 Å². The first-order valence-corrected chi connectivity index (χ1v) is 5.95. The van der Waals surface area contributed by atoms with Crippen LogP contribution in [0.4, 0.5) is 0 Å². The molecule has 1 atom stereocenters. The molecule has 0 aromatic carbocycles. The molecule has 1 heterocycles. The lowest BCUT2D eigenvalue weighted by atomic mass is 10.1. The van der Waals surface area contributed by atoms with E-state index in [1.165, 1.54) is 6.92 Å². The number of carboxylic acid groups (broad SMARTS) is 1. The summed E-state index contributed by atoms with van der Waals surface area (Å²) in [4.78, 5) is 34.7. The molecule has 102 valence electrons. The highest BCUT2D eigenvalue weighted by Gasteiger charge is 2.28. The van der Waals surface area contributed by atoms with Crippen molar-refractivity contribution in [3.05, 3.63) is 0 Å². The quantitative estimate of drug-likeness (QED) is 0.511. The largest absolute Gasteiger partial charge is 0.481 e. The molecule has 1 saturated heterocycles. The predicted octanol–water partition coefficient (Wildman–Crippen LogP) is -1.35. The Hall–Kier alpha value is -1.63. The van der Waals surface area contributed by atoms with E-state index in [9.17, 15) is 14.4 Å². The smallest absolute Gasteiger partial charge is 0.307 e. The molecular formula is C11H19N3O4. The van der Waals surface area contributed by atoms with Gasteiger partial charge < -0.3 is 15.7 Å². The summed E-state index contributed by atoms with van der Waals surface area (Å²) < 4.78 is 0. The van der Waals surface area contributed by atoms with Crippen LogP contribution in [0.1, 0.15) is 13.3 Å². The van der Waals surface area contributed by atoms with Crippen LogP contribution in [-0.4, -0.2) is 60.5 Å². The summed E-state index contributed by atoms with van der Waals surface area (Å²) in [5, 5.41) is 14.1. The third-order valence-corrected chi connectivity index (χ3v) is 2.81. The van der Waals surface area contributed by atoms with Crippen molar-refractivity contribution in [1.82, 2.24) is 15.5 Å². The van der Waals surface area contributed by atoms with Crippen LogP contribution in [0.5, 0.6) is 0 Å². The van der Waals surface area contributed by atoms with Crippen LogP contribution < -0.4 is 10.6 Å². The Kier molecular flexibility index (Phi) is 5.57. The second-order valence-corrected chi connectivity index (χ2v) is 4.39. The molecular weight excluding hydrogens is 238 g/mol. The molecule has 1 aliphatic heterocycles. The van der Waals surface area contributed by atoms with Crippen LogP contribution in [0.2, 0.25) is 0 Å². The number of aliphatic carboxylic acids is 1. The van der Waals surface area contributed by atoms with Gasteiger partial charge in [0.2, 0.25) is 11.8 Å². The minimum atomic E-state index is -0.802. The lowest BCUT2D eigenvalue weighted by Crippen LogP contribution is -2.39. The highest BCUT2D eigenvalue weighted by Crippen LogP contribution is 2.15. The molecule has 0 radical (unpaired) electrons. The van der Waals surface area contributed by atoms with Crippen molar-refractivity contribution in [1.29, 1.82) is 0 Å². The molecule has 1 unspecified atom stereocenters. The summed E-state index contributed by atoms with van der Waals surface area (Å²) in [5.74, 6) is -1.44. The van der Waals surface area contributed by atoms with Crippen molar-refractivity contribution in [2.24, 2.45) is 5.92 Å². The first-order valence-electron chi connectivity index (χ1n) is 5.95. The molecule has 0 saturated carbocycles. The Morgan fingerprint density at radius 3 is 2.50 bits per heavy atom. The molecule has 0 aromatic heterocycles. The number of hydrogen-bond donors (Lipinski definition) is 3. The summed E-state index contributed by atoms with van der Waals surface area (Å²) in [6, 6.07) is 0. The van der Waals surface area contributed by atoms with Gasteiger partial charge in [0.15, 0.2) is 0 Å². The number of carbonyl (C=O) groups is 3. The molecule has 3 N–H and O–H groups in total. The van der Waals surface area contributed by atoms with Gasteiger partial charge in [0.1, 0.15) is 0 Å². The van der Waals surface area contributed by atoms with Gasteiger partial charge in [-0.15, -0.1) is 0 Å². The van der Waals surface area contributed by atoms with Crippen molar-refractivity contribution >= 4 is 17.8 Å². The number of hydrogen-bond acceptors (Lipinski definition) is 4. The Morgan fingerprint density at radius 2 is 1.94 bits per heavy atom. The number of nitrogens with one attached hydrogen (secondary N) is 2. The maximum absolute atomic E-state index is 11.5. The summed E-state index contributed by atoms with van der Waals surface area (Å²) in [7, 11) is 0. The summed E-state index contributed by atoms with van der Waals surface area (Å²) in [5.41, 5.74) is 0. The van der Waals surface area contributed by atoms with Crippen molar-refractivity contribution in [3.63, 3.8) is 0 Å². The molecule has 1 fully saturated rings. The minimum Gasteiger partial charge on any atom is -0.481 e. The summed E-state index contributed by atoms with van der Waals surface area (Å²) in [6.07, 6.45) is 0.592. The number of carboxylic acids is 1. The molecule has 0 aromatic rings. The minimum absolute atomic E-state index is 0.131. The Labute approximate surface area is 106 Å². The fraction of sp³-hybridized carbons (Fsp3) is 0.727. The Morgan fingerprint density at radius 1 is 1.28 bits per heavy atom. The van der Waals surface area contributed by atoms with Gasteiger partial charge in [0, 0.05) is 26.6 Å². The number of nitrogens with zero attached hydrogens (tertiary/aromatic N) is 1. The molecule has 0 spiro atoms. The molecule has 7 nitrogen and oxygen atoms in total. The number of carbonyl (C=O) groups excluding carboxylic acids is 2. The molecule has 0 aliphatic carbocycles. The van der Waals surface area contributed by atoms with E-state index in [1.807, 2.05) is 4.90 Å². The Bertz CT molecular complexity index is 332. The lowest BCUT2D eigenvalue weighted by molar-refractivity contribution is -0.141. The zero-order valence-corrected chi connectivity index (χ0v) is 10.4. The first kappa shape index (κ1) is 14.4. The molecule has 0 bridgehead atoms. The molecule has 1 rings (SSSR count). The first-order chi connectivity index (χ1) is 8.49. The van der Waals surface area contributed by atoms with Crippen molar-refractivity contribution < 1.29 is 19.5 Å². The lowest BCUT2D eigenvalue weighted by Gasteiger charge is -2.14. The number of likely N-dealkylation sites (tertiary alicyclic amines) is 1. The monoisotopic (exact) mass is 257 g/mol. The van der Waals surface area contributed by atoms with Gasteiger partial charge in [0.05, 0.1) is 12.5 Å². The van der Waals surface area contributed by atoms with Gasteiger partial charge in [-0.3, -0.25) is 19.3 Å². The zero-order chi connectivity index (χ0) is 13.5.